The Hall–Kier alpha value is -2.70. The maximum atomic E-state index is 13.1. The number of rotatable bonds is 7. The van der Waals surface area contributed by atoms with Gasteiger partial charge in [-0.1, -0.05) is 54.6 Å². The van der Waals surface area contributed by atoms with E-state index in [1.54, 1.807) is 0 Å². The second-order valence-corrected chi connectivity index (χ2v) is 11.3. The molecule has 3 aromatic rings. The Morgan fingerprint density at radius 1 is 0.970 bits per heavy atom. The number of hydrogen-bond donors (Lipinski definition) is 1. The fourth-order valence-corrected chi connectivity index (χ4v) is 6.81. The Labute approximate surface area is 195 Å². The second-order valence-electron chi connectivity index (χ2n) is 9.20. The van der Waals surface area contributed by atoms with Gasteiger partial charge in [0.2, 0.25) is 15.9 Å². The molecule has 5 rings (SSSR count). The van der Waals surface area contributed by atoms with E-state index >= 15 is 0 Å². The highest BCUT2D eigenvalue weighted by atomic mass is 32.2. The van der Waals surface area contributed by atoms with E-state index in [1.165, 1.54) is 20.8 Å². The highest BCUT2D eigenvalue weighted by Gasteiger charge is 2.32. The zero-order valence-electron chi connectivity index (χ0n) is 18.8. The van der Waals surface area contributed by atoms with Crippen molar-refractivity contribution in [2.45, 2.75) is 38.5 Å². The number of carbonyl (C=O) groups excluding carboxylic acids is 1. The Bertz CT molecular complexity index is 1260. The molecule has 1 fully saturated rings. The van der Waals surface area contributed by atoms with Gasteiger partial charge in [-0.3, -0.25) is 4.79 Å². The van der Waals surface area contributed by atoms with Crippen LogP contribution >= 0.6 is 0 Å². The molecule has 1 saturated heterocycles. The lowest BCUT2D eigenvalue weighted by Gasteiger charge is -2.31. The molecule has 172 valence electrons. The monoisotopic (exact) mass is 462 g/mol. The Kier molecular flexibility index (Phi) is 6.21. The largest absolute Gasteiger partial charge is 0.325 e. The first kappa shape index (κ1) is 22.1. The van der Waals surface area contributed by atoms with E-state index in [4.69, 9.17) is 0 Å². The van der Waals surface area contributed by atoms with E-state index in [0.717, 1.165) is 35.9 Å². The standard InChI is InChI=1S/C27H30N2O3S/c30-27(28-25-16-15-22-14-13-21-10-4-12-24(25)26(21)22)23-11-5-17-29(19-23)33(31,32)18-6-9-20-7-2-1-3-8-20/h1-4,7-8,10,12,15-16,23H,5-6,9,11,13-14,17-19H2,(H,28,30)/t23-/m1/s1. The van der Waals surface area contributed by atoms with Crippen molar-refractivity contribution in [3.63, 3.8) is 0 Å². The third-order valence-corrected chi connectivity index (χ3v) is 8.92. The fraction of sp³-hybridized carbons (Fsp3) is 0.370. The average Bonchev–Trinajstić information content (AvgIpc) is 3.26. The van der Waals surface area contributed by atoms with Gasteiger partial charge in [0.05, 0.1) is 11.7 Å². The van der Waals surface area contributed by atoms with Crippen LogP contribution in [0, 0.1) is 5.92 Å². The molecule has 0 saturated carbocycles. The number of anilines is 1. The normalized spacial score (nSPS) is 18.5. The first-order valence-corrected chi connectivity index (χ1v) is 13.5. The van der Waals surface area contributed by atoms with Gasteiger partial charge < -0.3 is 5.32 Å². The smallest absolute Gasteiger partial charge is 0.228 e. The summed E-state index contributed by atoms with van der Waals surface area (Å²) in [5, 5.41) is 5.46. The van der Waals surface area contributed by atoms with Crippen molar-refractivity contribution in [3.05, 3.63) is 77.4 Å². The number of benzene rings is 3. The van der Waals surface area contributed by atoms with Gasteiger partial charge in [0.15, 0.2) is 0 Å². The maximum absolute atomic E-state index is 13.1. The molecule has 0 aromatic heterocycles. The summed E-state index contributed by atoms with van der Waals surface area (Å²) in [5.41, 5.74) is 4.65. The van der Waals surface area contributed by atoms with Crippen LogP contribution < -0.4 is 5.32 Å². The molecule has 3 aromatic carbocycles. The quantitative estimate of drug-likeness (QED) is 0.560. The zero-order valence-corrected chi connectivity index (χ0v) is 19.6. The number of amides is 1. The van der Waals surface area contributed by atoms with Crippen LogP contribution in [0.1, 0.15) is 36.0 Å². The fourth-order valence-electron chi connectivity index (χ4n) is 5.23. The molecule has 0 bridgehead atoms. The number of hydrogen-bond acceptors (Lipinski definition) is 3. The number of carbonyl (C=O) groups is 1. The van der Waals surface area contributed by atoms with Crippen LogP contribution in [-0.2, 0) is 34.1 Å². The Morgan fingerprint density at radius 3 is 2.58 bits per heavy atom. The summed E-state index contributed by atoms with van der Waals surface area (Å²) in [6.07, 6.45) is 4.83. The molecular formula is C27H30N2O3S. The van der Waals surface area contributed by atoms with Gasteiger partial charge in [0.25, 0.3) is 0 Å². The van der Waals surface area contributed by atoms with E-state index in [9.17, 15) is 13.2 Å². The van der Waals surface area contributed by atoms with E-state index in [2.05, 4.69) is 23.5 Å². The van der Waals surface area contributed by atoms with E-state index in [1.807, 2.05) is 42.5 Å². The molecule has 1 N–H and O–H groups in total. The predicted octanol–water partition coefficient (Wildman–Crippen LogP) is 4.55. The van der Waals surface area contributed by atoms with Gasteiger partial charge in [-0.15, -0.1) is 0 Å². The van der Waals surface area contributed by atoms with Crippen molar-refractivity contribution in [1.29, 1.82) is 0 Å². The number of nitrogens with one attached hydrogen (secondary N) is 1. The number of sulfonamides is 1. The van der Waals surface area contributed by atoms with Gasteiger partial charge in [0.1, 0.15) is 0 Å². The van der Waals surface area contributed by atoms with Gasteiger partial charge in [-0.25, -0.2) is 12.7 Å². The molecule has 0 radical (unpaired) electrons. The minimum Gasteiger partial charge on any atom is -0.325 e. The number of piperidine rings is 1. The van der Waals surface area contributed by atoms with Crippen LogP contribution in [0.15, 0.2) is 60.7 Å². The molecule has 0 unspecified atom stereocenters. The highest BCUT2D eigenvalue weighted by Crippen LogP contribution is 2.35. The lowest BCUT2D eigenvalue weighted by Crippen LogP contribution is -2.44. The average molecular weight is 463 g/mol. The van der Waals surface area contributed by atoms with E-state index < -0.39 is 10.0 Å². The maximum Gasteiger partial charge on any atom is 0.228 e. The minimum atomic E-state index is -3.38. The van der Waals surface area contributed by atoms with Gasteiger partial charge in [-0.2, -0.15) is 0 Å². The second kappa shape index (κ2) is 9.27. The molecule has 1 heterocycles. The molecule has 5 nitrogen and oxygen atoms in total. The summed E-state index contributed by atoms with van der Waals surface area (Å²) in [4.78, 5) is 13.1. The lowest BCUT2D eigenvalue weighted by atomic mass is 9.98. The van der Waals surface area contributed by atoms with E-state index in [0.29, 0.717) is 25.8 Å². The van der Waals surface area contributed by atoms with Crippen LogP contribution in [0.3, 0.4) is 0 Å². The molecule has 1 atom stereocenters. The summed E-state index contributed by atoms with van der Waals surface area (Å²) >= 11 is 0. The first-order valence-electron chi connectivity index (χ1n) is 11.9. The van der Waals surface area contributed by atoms with Crippen LogP contribution in [0.25, 0.3) is 10.8 Å². The molecule has 0 spiro atoms. The topological polar surface area (TPSA) is 66.5 Å². The SMILES string of the molecule is O=C(Nc1ccc2c3c(cccc13)CC2)[C@@H]1CCCN(S(=O)(=O)CCCc2ccccc2)C1. The van der Waals surface area contributed by atoms with Crippen LogP contribution in [0.5, 0.6) is 0 Å². The summed E-state index contributed by atoms with van der Waals surface area (Å²) in [6, 6.07) is 20.3. The summed E-state index contributed by atoms with van der Waals surface area (Å²) in [6.45, 7) is 0.763. The minimum absolute atomic E-state index is 0.0853. The molecule has 6 heteroatoms. The molecule has 1 aliphatic carbocycles. The predicted molar refractivity (Wildman–Crippen MR) is 133 cm³/mol. The zero-order chi connectivity index (χ0) is 22.8. The third-order valence-electron chi connectivity index (χ3n) is 6.99. The van der Waals surface area contributed by atoms with Gasteiger partial charge >= 0.3 is 0 Å². The van der Waals surface area contributed by atoms with Gasteiger partial charge in [0, 0.05) is 24.2 Å². The molecule has 1 aliphatic heterocycles. The lowest BCUT2D eigenvalue weighted by molar-refractivity contribution is -0.120. The molecule has 2 aliphatic rings. The van der Waals surface area contributed by atoms with E-state index in [-0.39, 0.29) is 24.1 Å². The van der Waals surface area contributed by atoms with Crippen LogP contribution in [0.4, 0.5) is 5.69 Å². The van der Waals surface area contributed by atoms with Crippen LogP contribution in [-0.4, -0.2) is 37.5 Å². The Balaban J connectivity index is 1.23. The van der Waals surface area contributed by atoms with Crippen molar-refractivity contribution >= 4 is 32.4 Å². The van der Waals surface area contributed by atoms with Crippen molar-refractivity contribution in [2.24, 2.45) is 5.92 Å². The highest BCUT2D eigenvalue weighted by molar-refractivity contribution is 7.89. The summed E-state index contributed by atoms with van der Waals surface area (Å²) in [5.74, 6) is -0.297. The van der Waals surface area contributed by atoms with Crippen molar-refractivity contribution < 1.29 is 13.2 Å². The van der Waals surface area contributed by atoms with Crippen molar-refractivity contribution in [1.82, 2.24) is 4.31 Å². The Morgan fingerprint density at radius 2 is 1.76 bits per heavy atom. The first-order chi connectivity index (χ1) is 16.0. The number of aryl methyl sites for hydroxylation is 3. The number of nitrogens with zero attached hydrogens (tertiary/aromatic N) is 1. The third kappa shape index (κ3) is 4.68. The summed E-state index contributed by atoms with van der Waals surface area (Å²) < 4.78 is 27.4. The molecule has 1 amide bonds. The summed E-state index contributed by atoms with van der Waals surface area (Å²) in [7, 11) is -3.38. The van der Waals surface area contributed by atoms with Crippen molar-refractivity contribution in [2.75, 3.05) is 24.2 Å². The van der Waals surface area contributed by atoms with Crippen molar-refractivity contribution in [3.8, 4) is 0 Å². The van der Waals surface area contributed by atoms with Crippen LogP contribution in [0.2, 0.25) is 0 Å². The molecular weight excluding hydrogens is 432 g/mol. The molecule has 33 heavy (non-hydrogen) atoms. The van der Waals surface area contributed by atoms with Gasteiger partial charge in [-0.05, 0) is 66.7 Å².